The molecule has 2 aliphatic rings. The van der Waals surface area contributed by atoms with Gasteiger partial charge in [0.2, 0.25) is 5.91 Å². The Bertz CT molecular complexity index is 1430. The van der Waals surface area contributed by atoms with Gasteiger partial charge in [-0.15, -0.1) is 0 Å². The zero-order valence-corrected chi connectivity index (χ0v) is 21.1. The number of carbonyl (C=O) groups excluding carboxylic acids is 2. The molecule has 190 valence electrons. The highest BCUT2D eigenvalue weighted by molar-refractivity contribution is 5.94. The van der Waals surface area contributed by atoms with Crippen molar-refractivity contribution in [2.75, 3.05) is 37.6 Å². The van der Waals surface area contributed by atoms with Gasteiger partial charge < -0.3 is 14.7 Å². The fourth-order valence-electron chi connectivity index (χ4n) is 5.47. The highest BCUT2D eigenvalue weighted by atomic mass is 16.2. The maximum Gasteiger partial charge on any atom is 0.274 e. The first-order valence-corrected chi connectivity index (χ1v) is 13.0. The smallest absolute Gasteiger partial charge is 0.274 e. The van der Waals surface area contributed by atoms with E-state index in [1.165, 1.54) is 5.69 Å². The Kier molecular flexibility index (Phi) is 6.12. The van der Waals surface area contributed by atoms with E-state index in [-0.39, 0.29) is 18.4 Å². The second-order valence-electron chi connectivity index (χ2n) is 9.63. The van der Waals surface area contributed by atoms with E-state index in [9.17, 15) is 9.59 Å². The average Bonchev–Trinajstić information content (AvgIpc) is 3.54. The number of fused-ring (bicyclic) bond motifs is 2. The van der Waals surface area contributed by atoms with Gasteiger partial charge in [-0.3, -0.25) is 19.0 Å². The summed E-state index contributed by atoms with van der Waals surface area (Å²) in [7, 11) is 0. The molecule has 0 spiro atoms. The number of aromatic nitrogens is 4. The molecule has 6 rings (SSSR count). The number of benzene rings is 2. The van der Waals surface area contributed by atoms with E-state index < -0.39 is 0 Å². The van der Waals surface area contributed by atoms with Crippen LogP contribution in [0.2, 0.25) is 0 Å². The zero-order chi connectivity index (χ0) is 25.4. The number of rotatable bonds is 5. The molecule has 0 unspecified atom stereocenters. The van der Waals surface area contributed by atoms with Gasteiger partial charge in [0.1, 0.15) is 6.54 Å². The number of carbonyl (C=O) groups is 2. The Morgan fingerprint density at radius 1 is 0.865 bits per heavy atom. The second kappa shape index (κ2) is 9.72. The van der Waals surface area contributed by atoms with E-state index in [1.54, 1.807) is 10.9 Å². The zero-order valence-electron chi connectivity index (χ0n) is 21.1. The Morgan fingerprint density at radius 2 is 1.62 bits per heavy atom. The molecule has 9 nitrogen and oxygen atoms in total. The molecule has 2 aromatic heterocycles. The van der Waals surface area contributed by atoms with Crippen molar-refractivity contribution in [3.63, 3.8) is 0 Å². The number of para-hydroxylation sites is 2. The number of nitrogens with zero attached hydrogens (tertiary/aromatic N) is 7. The van der Waals surface area contributed by atoms with Crippen molar-refractivity contribution in [2.24, 2.45) is 0 Å². The van der Waals surface area contributed by atoms with Gasteiger partial charge in [0.25, 0.3) is 5.91 Å². The fourth-order valence-corrected chi connectivity index (χ4v) is 5.47. The van der Waals surface area contributed by atoms with E-state index in [4.69, 9.17) is 5.10 Å². The number of anilines is 1. The summed E-state index contributed by atoms with van der Waals surface area (Å²) in [6, 6.07) is 18.2. The van der Waals surface area contributed by atoms with Crippen LogP contribution < -0.4 is 4.90 Å². The summed E-state index contributed by atoms with van der Waals surface area (Å²) in [5.74, 6) is -0.0397. The van der Waals surface area contributed by atoms with Crippen LogP contribution in [0.15, 0.2) is 60.8 Å². The van der Waals surface area contributed by atoms with Crippen LogP contribution in [-0.2, 0) is 30.8 Å². The van der Waals surface area contributed by atoms with Crippen LogP contribution in [0.3, 0.4) is 0 Å². The normalized spacial score (nSPS) is 15.8. The van der Waals surface area contributed by atoms with Crippen molar-refractivity contribution in [1.29, 1.82) is 0 Å². The van der Waals surface area contributed by atoms with Crippen LogP contribution in [0.1, 0.15) is 28.7 Å². The van der Waals surface area contributed by atoms with Crippen molar-refractivity contribution >= 4 is 28.4 Å². The minimum Gasteiger partial charge on any atom is -0.368 e. The van der Waals surface area contributed by atoms with E-state index in [2.05, 4.69) is 22.1 Å². The Balaban J connectivity index is 1.18. The van der Waals surface area contributed by atoms with Crippen LogP contribution in [0.5, 0.6) is 0 Å². The number of amides is 2. The first-order valence-electron chi connectivity index (χ1n) is 13.0. The molecular weight excluding hydrogens is 466 g/mol. The summed E-state index contributed by atoms with van der Waals surface area (Å²) < 4.78 is 3.69. The molecule has 9 heteroatoms. The maximum absolute atomic E-state index is 13.6. The van der Waals surface area contributed by atoms with Crippen LogP contribution in [0.4, 0.5) is 5.69 Å². The van der Waals surface area contributed by atoms with Crippen LogP contribution >= 0.6 is 0 Å². The minimum atomic E-state index is -0.0384. The third-order valence-electron chi connectivity index (χ3n) is 7.51. The third kappa shape index (κ3) is 4.34. The topological polar surface area (TPSA) is 79.5 Å². The lowest BCUT2D eigenvalue weighted by Gasteiger charge is -2.36. The molecule has 0 saturated carbocycles. The lowest BCUT2D eigenvalue weighted by molar-refractivity contribution is -0.132. The van der Waals surface area contributed by atoms with Gasteiger partial charge in [-0.1, -0.05) is 36.4 Å². The largest absolute Gasteiger partial charge is 0.368 e. The third-order valence-corrected chi connectivity index (χ3v) is 7.51. The van der Waals surface area contributed by atoms with E-state index in [0.29, 0.717) is 44.8 Å². The molecule has 2 aromatic carbocycles. The summed E-state index contributed by atoms with van der Waals surface area (Å²) in [6.45, 7) is 6.80. The summed E-state index contributed by atoms with van der Waals surface area (Å²) in [4.78, 5) is 33.0. The molecule has 1 fully saturated rings. The van der Waals surface area contributed by atoms with Gasteiger partial charge in [0.05, 0.1) is 11.7 Å². The lowest BCUT2D eigenvalue weighted by atomic mass is 10.0. The highest BCUT2D eigenvalue weighted by Crippen LogP contribution is 2.25. The van der Waals surface area contributed by atoms with Gasteiger partial charge >= 0.3 is 0 Å². The van der Waals surface area contributed by atoms with Gasteiger partial charge in [-0.25, -0.2) is 0 Å². The number of hydrogen-bond donors (Lipinski definition) is 0. The molecule has 2 amide bonds. The lowest BCUT2D eigenvalue weighted by Crippen LogP contribution is -2.49. The molecule has 0 N–H and O–H groups in total. The first kappa shape index (κ1) is 23.3. The highest BCUT2D eigenvalue weighted by Gasteiger charge is 2.33. The number of piperazine rings is 1. The monoisotopic (exact) mass is 497 g/mol. The van der Waals surface area contributed by atoms with Crippen LogP contribution in [0.25, 0.3) is 10.9 Å². The van der Waals surface area contributed by atoms with Crippen molar-refractivity contribution in [1.82, 2.24) is 29.4 Å². The van der Waals surface area contributed by atoms with Crippen LogP contribution in [0, 0.1) is 0 Å². The van der Waals surface area contributed by atoms with Gasteiger partial charge in [-0.2, -0.15) is 10.2 Å². The second-order valence-corrected chi connectivity index (χ2v) is 9.63. The maximum atomic E-state index is 13.6. The van der Waals surface area contributed by atoms with Gasteiger partial charge in [0, 0.05) is 74.6 Å². The van der Waals surface area contributed by atoms with E-state index in [1.807, 2.05) is 63.9 Å². The molecule has 2 aliphatic heterocycles. The molecular formula is C28H31N7O2. The van der Waals surface area contributed by atoms with E-state index >= 15 is 0 Å². The SMILES string of the molecule is CCn1nc(C(=O)N2CCN(c3ccccc3)CC2)c2c1CCN(C(=O)Cn1ncc3ccccc31)C2. The van der Waals surface area contributed by atoms with Crippen molar-refractivity contribution < 1.29 is 9.59 Å². The van der Waals surface area contributed by atoms with Crippen molar-refractivity contribution in [3.8, 4) is 0 Å². The Hall–Kier alpha value is -4.14. The van der Waals surface area contributed by atoms with Crippen molar-refractivity contribution in [2.45, 2.75) is 33.0 Å². The van der Waals surface area contributed by atoms with Gasteiger partial charge in [-0.05, 0) is 25.1 Å². The van der Waals surface area contributed by atoms with Crippen molar-refractivity contribution in [3.05, 3.63) is 77.7 Å². The quantitative estimate of drug-likeness (QED) is 0.424. The predicted molar refractivity (Wildman–Crippen MR) is 141 cm³/mol. The summed E-state index contributed by atoms with van der Waals surface area (Å²) in [5, 5.41) is 10.2. The Labute approximate surface area is 215 Å². The fraction of sp³-hybridized carbons (Fsp3) is 0.357. The molecule has 0 atom stereocenters. The standard InChI is InChI=1S/C28H31N7O2/c1-2-34-25-12-13-33(26(36)20-35-24-11-7-6-8-21(24)18-29-35)19-23(25)27(30-34)28(37)32-16-14-31(15-17-32)22-9-4-3-5-10-22/h3-11,18H,2,12-17,19-20H2,1H3. The molecule has 37 heavy (non-hydrogen) atoms. The summed E-state index contributed by atoms with van der Waals surface area (Å²) in [5.41, 5.74) is 4.58. The summed E-state index contributed by atoms with van der Waals surface area (Å²) in [6.07, 6.45) is 2.48. The van der Waals surface area contributed by atoms with Gasteiger partial charge in [0.15, 0.2) is 5.69 Å². The van der Waals surface area contributed by atoms with Crippen LogP contribution in [-0.4, -0.2) is 73.9 Å². The molecule has 1 saturated heterocycles. The molecule has 4 heterocycles. The molecule has 0 bridgehead atoms. The summed E-state index contributed by atoms with van der Waals surface area (Å²) >= 11 is 0. The number of hydrogen-bond acceptors (Lipinski definition) is 5. The van der Waals surface area contributed by atoms with E-state index in [0.717, 1.165) is 35.2 Å². The predicted octanol–water partition coefficient (Wildman–Crippen LogP) is 2.80. The first-order chi connectivity index (χ1) is 18.1. The number of aryl methyl sites for hydroxylation is 1. The minimum absolute atomic E-state index is 0.00127. The molecule has 4 aromatic rings. The Morgan fingerprint density at radius 3 is 2.41 bits per heavy atom. The average molecular weight is 498 g/mol. The molecule has 0 aliphatic carbocycles. The molecule has 0 radical (unpaired) electrons.